The van der Waals surface area contributed by atoms with Crippen LogP contribution in [0.2, 0.25) is 0 Å². The summed E-state index contributed by atoms with van der Waals surface area (Å²) in [6.07, 6.45) is 0.776. The third kappa shape index (κ3) is 7.30. The summed E-state index contributed by atoms with van der Waals surface area (Å²) >= 11 is 0. The number of nitrogens with one attached hydrogen (secondary N) is 2. The first kappa shape index (κ1) is 21.3. The summed E-state index contributed by atoms with van der Waals surface area (Å²) in [7, 11) is 3.10. The molecule has 0 bridgehead atoms. The molecule has 0 atom stereocenters. The number of hydrogen-bond acceptors (Lipinski definition) is 4. The number of rotatable bonds is 10. The normalized spacial score (nSPS) is 11.2. The standard InChI is InChI=1S/C20H25F2N3O3/c1-23-20(24-11-6-12-27-16-7-4-3-5-8-16)25-14-15-9-10-17(26-2)13-18(15)28-19(21)22/h3-5,7-10,13,19H,6,11-12,14H2,1-2H3,(H2,23,24,25). The Morgan fingerprint density at radius 2 is 1.86 bits per heavy atom. The Hall–Kier alpha value is -3.03. The van der Waals surface area contributed by atoms with Crippen LogP contribution in [0.25, 0.3) is 0 Å². The van der Waals surface area contributed by atoms with Gasteiger partial charge in [-0.1, -0.05) is 18.2 Å². The van der Waals surface area contributed by atoms with Crippen molar-refractivity contribution in [3.63, 3.8) is 0 Å². The highest BCUT2D eigenvalue weighted by atomic mass is 19.3. The topological polar surface area (TPSA) is 64.1 Å². The molecule has 152 valence electrons. The number of guanidine groups is 1. The molecule has 0 saturated heterocycles. The van der Waals surface area contributed by atoms with Gasteiger partial charge in [0.25, 0.3) is 0 Å². The Kier molecular flexibility index (Phi) is 8.84. The number of methoxy groups -OCH3 is 1. The number of ether oxygens (including phenoxy) is 3. The Morgan fingerprint density at radius 1 is 1.07 bits per heavy atom. The highest BCUT2D eigenvalue weighted by molar-refractivity contribution is 5.79. The van der Waals surface area contributed by atoms with E-state index >= 15 is 0 Å². The van der Waals surface area contributed by atoms with Crippen molar-refractivity contribution in [3.05, 3.63) is 54.1 Å². The molecule has 0 radical (unpaired) electrons. The highest BCUT2D eigenvalue weighted by Crippen LogP contribution is 2.26. The molecule has 8 heteroatoms. The number of benzene rings is 2. The first-order valence-corrected chi connectivity index (χ1v) is 8.86. The maximum absolute atomic E-state index is 12.6. The third-order valence-electron chi connectivity index (χ3n) is 3.79. The number of halogens is 2. The second-order valence-electron chi connectivity index (χ2n) is 5.72. The van der Waals surface area contributed by atoms with Gasteiger partial charge in [-0.3, -0.25) is 4.99 Å². The van der Waals surface area contributed by atoms with Crippen LogP contribution in [0.1, 0.15) is 12.0 Å². The van der Waals surface area contributed by atoms with E-state index < -0.39 is 6.61 Å². The molecule has 6 nitrogen and oxygen atoms in total. The van der Waals surface area contributed by atoms with Crippen LogP contribution in [-0.4, -0.2) is 39.9 Å². The molecule has 2 aromatic rings. The van der Waals surface area contributed by atoms with E-state index in [1.807, 2.05) is 30.3 Å². The quantitative estimate of drug-likeness (QED) is 0.368. The summed E-state index contributed by atoms with van der Waals surface area (Å²) in [4.78, 5) is 4.12. The average Bonchev–Trinajstić information content (AvgIpc) is 2.71. The van der Waals surface area contributed by atoms with Gasteiger partial charge in [0.15, 0.2) is 5.96 Å². The van der Waals surface area contributed by atoms with E-state index in [0.717, 1.165) is 12.2 Å². The molecule has 0 amide bonds. The molecule has 2 N–H and O–H groups in total. The van der Waals surface area contributed by atoms with Gasteiger partial charge in [-0.15, -0.1) is 0 Å². The van der Waals surface area contributed by atoms with Crippen LogP contribution < -0.4 is 24.8 Å². The van der Waals surface area contributed by atoms with Crippen molar-refractivity contribution >= 4 is 5.96 Å². The number of aliphatic imine (C=N–C) groups is 1. The van der Waals surface area contributed by atoms with Gasteiger partial charge in [-0.05, 0) is 30.7 Å². The van der Waals surface area contributed by atoms with Gasteiger partial charge >= 0.3 is 6.61 Å². The summed E-state index contributed by atoms with van der Waals surface area (Å²) in [5.41, 5.74) is 0.566. The van der Waals surface area contributed by atoms with E-state index in [1.54, 1.807) is 19.2 Å². The molecule has 0 aromatic heterocycles. The van der Waals surface area contributed by atoms with E-state index in [1.165, 1.54) is 13.2 Å². The number of hydrogen-bond donors (Lipinski definition) is 2. The minimum absolute atomic E-state index is 0.0635. The smallest absolute Gasteiger partial charge is 0.387 e. The largest absolute Gasteiger partial charge is 0.497 e. The average molecular weight is 393 g/mol. The van der Waals surface area contributed by atoms with Crippen LogP contribution in [0.3, 0.4) is 0 Å². The molecular formula is C20H25F2N3O3. The monoisotopic (exact) mass is 393 g/mol. The first-order valence-electron chi connectivity index (χ1n) is 8.86. The molecule has 28 heavy (non-hydrogen) atoms. The molecule has 0 aliphatic heterocycles. The molecule has 0 saturated carbocycles. The SMILES string of the molecule is CN=C(NCCCOc1ccccc1)NCc1ccc(OC)cc1OC(F)F. The molecule has 0 spiro atoms. The van der Waals surface area contributed by atoms with Crippen molar-refractivity contribution < 1.29 is 23.0 Å². The summed E-state index contributed by atoms with van der Waals surface area (Å²) in [6, 6.07) is 14.4. The van der Waals surface area contributed by atoms with E-state index in [0.29, 0.717) is 30.4 Å². The maximum atomic E-state index is 12.6. The van der Waals surface area contributed by atoms with Gasteiger partial charge in [0.1, 0.15) is 17.2 Å². The lowest BCUT2D eigenvalue weighted by Gasteiger charge is -2.15. The molecule has 0 unspecified atom stereocenters. The van der Waals surface area contributed by atoms with E-state index in [2.05, 4.69) is 20.4 Å². The lowest BCUT2D eigenvalue weighted by molar-refractivity contribution is -0.0505. The van der Waals surface area contributed by atoms with Crippen LogP contribution >= 0.6 is 0 Å². The summed E-state index contributed by atoms with van der Waals surface area (Å²) in [6.45, 7) is -1.42. The fourth-order valence-corrected chi connectivity index (χ4v) is 2.40. The Labute approximate surface area is 163 Å². The van der Waals surface area contributed by atoms with Crippen molar-refractivity contribution in [2.24, 2.45) is 4.99 Å². The molecule has 0 heterocycles. The summed E-state index contributed by atoms with van der Waals surface area (Å²) < 4.78 is 40.5. The molecule has 0 fully saturated rings. The zero-order chi connectivity index (χ0) is 20.2. The van der Waals surface area contributed by atoms with Crippen LogP contribution in [0, 0.1) is 0 Å². The maximum Gasteiger partial charge on any atom is 0.387 e. The Morgan fingerprint density at radius 3 is 2.54 bits per heavy atom. The fourth-order valence-electron chi connectivity index (χ4n) is 2.40. The van der Waals surface area contributed by atoms with E-state index in [9.17, 15) is 8.78 Å². The van der Waals surface area contributed by atoms with Crippen molar-refractivity contribution in [1.82, 2.24) is 10.6 Å². The minimum Gasteiger partial charge on any atom is -0.497 e. The molecule has 2 rings (SSSR count). The number of nitrogens with zero attached hydrogens (tertiary/aromatic N) is 1. The van der Waals surface area contributed by atoms with Crippen molar-refractivity contribution in [1.29, 1.82) is 0 Å². The predicted molar refractivity (Wildman–Crippen MR) is 104 cm³/mol. The van der Waals surface area contributed by atoms with Gasteiger partial charge in [0.05, 0.1) is 13.7 Å². The zero-order valence-electron chi connectivity index (χ0n) is 16.0. The van der Waals surface area contributed by atoms with Crippen LogP contribution in [0.15, 0.2) is 53.5 Å². The second kappa shape index (κ2) is 11.6. The van der Waals surface area contributed by atoms with Crippen molar-refractivity contribution in [2.75, 3.05) is 27.3 Å². The highest BCUT2D eigenvalue weighted by Gasteiger charge is 2.11. The van der Waals surface area contributed by atoms with Crippen LogP contribution in [-0.2, 0) is 6.54 Å². The van der Waals surface area contributed by atoms with E-state index in [-0.39, 0.29) is 12.3 Å². The minimum atomic E-state index is -2.91. The predicted octanol–water partition coefficient (Wildman–Crippen LogP) is 3.43. The van der Waals surface area contributed by atoms with Gasteiger partial charge in [-0.25, -0.2) is 0 Å². The molecule has 2 aromatic carbocycles. The van der Waals surface area contributed by atoms with E-state index in [4.69, 9.17) is 9.47 Å². The second-order valence-corrected chi connectivity index (χ2v) is 5.72. The Balaban J connectivity index is 1.78. The van der Waals surface area contributed by atoms with Crippen molar-refractivity contribution in [3.8, 4) is 17.2 Å². The van der Waals surface area contributed by atoms with Gasteiger partial charge in [-0.2, -0.15) is 8.78 Å². The lowest BCUT2D eigenvalue weighted by atomic mass is 10.2. The fraction of sp³-hybridized carbons (Fsp3) is 0.350. The summed E-state index contributed by atoms with van der Waals surface area (Å²) in [5, 5.41) is 6.23. The first-order chi connectivity index (χ1) is 13.6. The van der Waals surface area contributed by atoms with Gasteiger partial charge < -0.3 is 24.8 Å². The number of alkyl halides is 2. The van der Waals surface area contributed by atoms with Gasteiger partial charge in [0, 0.05) is 31.8 Å². The van der Waals surface area contributed by atoms with Gasteiger partial charge in [0.2, 0.25) is 0 Å². The lowest BCUT2D eigenvalue weighted by Crippen LogP contribution is -2.37. The third-order valence-corrected chi connectivity index (χ3v) is 3.79. The Bertz CT molecular complexity index is 743. The molecule has 0 aliphatic rings. The molecular weight excluding hydrogens is 368 g/mol. The van der Waals surface area contributed by atoms with Crippen LogP contribution in [0.5, 0.6) is 17.2 Å². The van der Waals surface area contributed by atoms with Crippen LogP contribution in [0.4, 0.5) is 8.78 Å². The molecule has 0 aliphatic carbocycles. The number of para-hydroxylation sites is 1. The van der Waals surface area contributed by atoms with Crippen molar-refractivity contribution in [2.45, 2.75) is 19.6 Å². The zero-order valence-corrected chi connectivity index (χ0v) is 16.0. The summed E-state index contributed by atoms with van der Waals surface area (Å²) in [5.74, 6) is 1.89.